The number of nitrogens with one attached hydrogen (secondary N) is 4. The van der Waals surface area contributed by atoms with Crippen LogP contribution in [0, 0.1) is 5.92 Å². The normalized spacial score (nSPS) is 14.1. The van der Waals surface area contributed by atoms with Crippen molar-refractivity contribution >= 4 is 35.8 Å². The predicted octanol–water partition coefficient (Wildman–Crippen LogP) is 2.57. The minimum absolute atomic E-state index is 0.0319. The lowest BCUT2D eigenvalue weighted by Crippen LogP contribution is -2.58. The fourth-order valence-electron chi connectivity index (χ4n) is 4.53. The summed E-state index contributed by atoms with van der Waals surface area (Å²) in [5, 5.41) is 19.8. The molecule has 0 fully saturated rings. The summed E-state index contributed by atoms with van der Waals surface area (Å²) in [5.41, 5.74) is 4.71. The molecular formula is C34H55N5O9. The first-order chi connectivity index (χ1) is 22.2. The number of ether oxygens (including phenoxy) is 2. The van der Waals surface area contributed by atoms with Crippen molar-refractivity contribution in [3.63, 3.8) is 0 Å². The lowest BCUT2D eigenvalue weighted by atomic mass is 10.0. The summed E-state index contributed by atoms with van der Waals surface area (Å²) in [4.78, 5) is 77.9. The van der Waals surface area contributed by atoms with Crippen molar-refractivity contribution in [2.75, 3.05) is 6.54 Å². The molecule has 0 saturated heterocycles. The first kappa shape index (κ1) is 41.8. The van der Waals surface area contributed by atoms with Gasteiger partial charge >= 0.3 is 18.0 Å². The van der Waals surface area contributed by atoms with E-state index in [0.29, 0.717) is 19.4 Å². The Labute approximate surface area is 283 Å². The third-order valence-electron chi connectivity index (χ3n) is 6.60. The summed E-state index contributed by atoms with van der Waals surface area (Å²) in [6.07, 6.45) is -0.289. The van der Waals surface area contributed by atoms with Crippen LogP contribution in [0.25, 0.3) is 0 Å². The number of aliphatic carboxylic acids is 1. The molecule has 0 spiro atoms. The Morgan fingerprint density at radius 1 is 0.729 bits per heavy atom. The lowest BCUT2D eigenvalue weighted by Gasteiger charge is -2.28. The lowest BCUT2D eigenvalue weighted by molar-refractivity contribution is -0.159. The van der Waals surface area contributed by atoms with E-state index in [4.69, 9.17) is 15.2 Å². The number of benzene rings is 1. The maximum atomic E-state index is 13.6. The van der Waals surface area contributed by atoms with Crippen molar-refractivity contribution in [2.24, 2.45) is 11.7 Å². The summed E-state index contributed by atoms with van der Waals surface area (Å²) in [6.45, 7) is 14.1. The molecule has 1 aromatic rings. The zero-order valence-electron chi connectivity index (χ0n) is 29.5. The predicted molar refractivity (Wildman–Crippen MR) is 180 cm³/mol. The number of carboxylic acids is 1. The van der Waals surface area contributed by atoms with E-state index in [9.17, 15) is 33.9 Å². The van der Waals surface area contributed by atoms with E-state index in [1.165, 1.54) is 0 Å². The fraction of sp³-hybridized carbons (Fsp3) is 0.647. The van der Waals surface area contributed by atoms with Crippen molar-refractivity contribution in [1.29, 1.82) is 0 Å². The van der Waals surface area contributed by atoms with Gasteiger partial charge in [-0.05, 0) is 85.3 Å². The van der Waals surface area contributed by atoms with Crippen molar-refractivity contribution < 1.29 is 43.3 Å². The highest BCUT2D eigenvalue weighted by Gasteiger charge is 2.34. The smallest absolute Gasteiger partial charge is 0.408 e. The molecule has 4 amide bonds. The fourth-order valence-corrected chi connectivity index (χ4v) is 4.53. The van der Waals surface area contributed by atoms with Crippen molar-refractivity contribution in [1.82, 2.24) is 21.3 Å². The largest absolute Gasteiger partial charge is 0.481 e. The average Bonchev–Trinajstić information content (AvgIpc) is 2.93. The highest BCUT2D eigenvalue weighted by Crippen LogP contribution is 2.14. The molecule has 270 valence electrons. The molecule has 7 N–H and O–H groups in total. The average molecular weight is 678 g/mol. The zero-order chi connectivity index (χ0) is 36.7. The van der Waals surface area contributed by atoms with E-state index >= 15 is 0 Å². The Hall–Kier alpha value is -4.20. The third kappa shape index (κ3) is 17.6. The van der Waals surface area contributed by atoms with Crippen molar-refractivity contribution in [2.45, 2.75) is 129 Å². The number of hydrogen-bond acceptors (Lipinski definition) is 9. The Bertz CT molecular complexity index is 1230. The molecule has 0 radical (unpaired) electrons. The van der Waals surface area contributed by atoms with E-state index in [1.807, 2.05) is 13.8 Å². The first-order valence-corrected chi connectivity index (χ1v) is 16.3. The summed E-state index contributed by atoms with van der Waals surface area (Å²) in [7, 11) is 0. The van der Waals surface area contributed by atoms with E-state index in [0.717, 1.165) is 5.56 Å². The van der Waals surface area contributed by atoms with E-state index < -0.39 is 77.5 Å². The van der Waals surface area contributed by atoms with Gasteiger partial charge in [-0.3, -0.25) is 19.2 Å². The number of amides is 4. The van der Waals surface area contributed by atoms with Gasteiger partial charge in [0.2, 0.25) is 17.7 Å². The van der Waals surface area contributed by atoms with Gasteiger partial charge in [0.15, 0.2) is 0 Å². The number of nitrogens with two attached hydrogens (primary N) is 1. The highest BCUT2D eigenvalue weighted by molar-refractivity contribution is 5.96. The molecule has 0 saturated carbocycles. The number of carboxylic acid groups (broad SMARTS) is 1. The topological polar surface area (TPSA) is 215 Å². The zero-order valence-corrected chi connectivity index (χ0v) is 29.5. The Morgan fingerprint density at radius 3 is 1.77 bits per heavy atom. The summed E-state index contributed by atoms with van der Waals surface area (Å²) < 4.78 is 10.8. The highest BCUT2D eigenvalue weighted by atomic mass is 16.6. The SMILES string of the molecule is CC(C)C[C@H](NC(=O)[C@H](CC(=O)O)NC(=O)[C@H](CCCCN)NC(=O)[C@H](Cc1ccccc1)NC(=O)OC(C)(C)C)C(=O)OC(C)(C)C. The number of hydrogen-bond donors (Lipinski definition) is 6. The van der Waals surface area contributed by atoms with Crippen LogP contribution >= 0.6 is 0 Å². The molecular weight excluding hydrogens is 622 g/mol. The molecule has 0 heterocycles. The Morgan fingerprint density at radius 2 is 1.25 bits per heavy atom. The summed E-state index contributed by atoms with van der Waals surface area (Å²) in [5.74, 6) is -4.52. The minimum atomic E-state index is -1.58. The van der Waals surface area contributed by atoms with Gasteiger partial charge in [-0.25, -0.2) is 9.59 Å². The number of unbranched alkanes of at least 4 members (excludes halogenated alkanes) is 1. The van der Waals surface area contributed by atoms with Gasteiger partial charge in [0, 0.05) is 6.42 Å². The Kier molecular flexibility index (Phi) is 17.1. The maximum Gasteiger partial charge on any atom is 0.408 e. The number of alkyl carbamates (subject to hydrolysis) is 1. The molecule has 14 nitrogen and oxygen atoms in total. The van der Waals surface area contributed by atoms with Crippen molar-refractivity contribution in [3.05, 3.63) is 35.9 Å². The molecule has 4 atom stereocenters. The molecule has 0 unspecified atom stereocenters. The second kappa shape index (κ2) is 19.6. The van der Waals surface area contributed by atoms with Gasteiger partial charge < -0.3 is 41.6 Å². The van der Waals surface area contributed by atoms with Crippen LogP contribution in [0.15, 0.2) is 30.3 Å². The molecule has 0 aliphatic heterocycles. The van der Waals surface area contributed by atoms with Gasteiger partial charge in [0.1, 0.15) is 35.4 Å². The second-order valence-corrected chi connectivity index (χ2v) is 14.1. The Balaban J connectivity index is 3.28. The number of esters is 1. The molecule has 48 heavy (non-hydrogen) atoms. The number of rotatable bonds is 18. The first-order valence-electron chi connectivity index (χ1n) is 16.3. The maximum absolute atomic E-state index is 13.6. The molecule has 14 heteroatoms. The van der Waals surface area contributed by atoms with Crippen LogP contribution in [-0.2, 0) is 39.9 Å². The summed E-state index contributed by atoms with van der Waals surface area (Å²) in [6, 6.07) is 3.89. The van der Waals surface area contributed by atoms with E-state index in [2.05, 4.69) is 21.3 Å². The molecule has 0 aromatic heterocycles. The second-order valence-electron chi connectivity index (χ2n) is 14.1. The molecule has 0 aliphatic rings. The van der Waals surface area contributed by atoms with Gasteiger partial charge in [-0.15, -0.1) is 0 Å². The summed E-state index contributed by atoms with van der Waals surface area (Å²) >= 11 is 0. The standard InChI is InChI=1S/C34H55N5O9/c1-21(2)18-26(31(45)47-33(3,4)5)38-30(44)25(20-27(40)41)37-28(42)23(16-12-13-17-35)36-29(43)24(19-22-14-10-9-11-15-22)39-32(46)48-34(6,7)8/h9-11,14-15,21,23-26H,12-13,16-20,35H2,1-8H3,(H,36,43)(H,37,42)(H,38,44)(H,39,46)(H,40,41)/t23-,24-,25-,26-/m0/s1. The van der Waals surface area contributed by atoms with Gasteiger partial charge in [0.05, 0.1) is 6.42 Å². The van der Waals surface area contributed by atoms with Crippen LogP contribution in [0.5, 0.6) is 0 Å². The monoisotopic (exact) mass is 677 g/mol. The van der Waals surface area contributed by atoms with Crippen LogP contribution in [0.4, 0.5) is 4.79 Å². The van der Waals surface area contributed by atoms with Crippen LogP contribution in [0.2, 0.25) is 0 Å². The quantitative estimate of drug-likeness (QED) is 0.0986. The van der Waals surface area contributed by atoms with Crippen molar-refractivity contribution in [3.8, 4) is 0 Å². The van der Waals surface area contributed by atoms with Crippen LogP contribution in [-0.4, -0.2) is 82.8 Å². The molecule has 0 aliphatic carbocycles. The van der Waals surface area contributed by atoms with E-state index in [1.54, 1.807) is 71.9 Å². The van der Waals surface area contributed by atoms with Gasteiger partial charge in [0.25, 0.3) is 0 Å². The third-order valence-corrected chi connectivity index (χ3v) is 6.60. The van der Waals surface area contributed by atoms with Crippen LogP contribution < -0.4 is 27.0 Å². The minimum Gasteiger partial charge on any atom is -0.481 e. The van der Waals surface area contributed by atoms with Gasteiger partial charge in [-0.1, -0.05) is 44.2 Å². The van der Waals surface area contributed by atoms with Gasteiger partial charge in [-0.2, -0.15) is 0 Å². The van der Waals surface area contributed by atoms with Crippen LogP contribution in [0.3, 0.4) is 0 Å². The number of carbonyl (C=O) groups is 6. The molecule has 1 aromatic carbocycles. The molecule has 1 rings (SSSR count). The van der Waals surface area contributed by atoms with Crippen LogP contribution in [0.1, 0.15) is 93.1 Å². The number of carbonyl (C=O) groups excluding carboxylic acids is 5. The molecule has 0 bridgehead atoms. The van der Waals surface area contributed by atoms with E-state index in [-0.39, 0.29) is 25.2 Å².